The van der Waals surface area contributed by atoms with Crippen LogP contribution in [0.3, 0.4) is 0 Å². The Bertz CT molecular complexity index is 1010. The molecule has 6 nitrogen and oxygen atoms in total. The van der Waals surface area contributed by atoms with Crippen molar-refractivity contribution in [1.82, 2.24) is 5.32 Å². The van der Waals surface area contributed by atoms with Crippen LogP contribution in [-0.2, 0) is 20.2 Å². The standard InChI is InChI=1S/C23H30N2O4S/c1-16(17-9-7-6-8-10-17)14-24-22(26)21-15-25(30(5,27)28)19-13-18(23(2,3)4)11-12-20(19)29-21/h6-13,16,21H,14-15H2,1-5H3,(H,24,26)/t16-,21+/m0/s1. The summed E-state index contributed by atoms with van der Waals surface area (Å²) >= 11 is 0. The zero-order chi connectivity index (χ0) is 22.1. The molecule has 0 spiro atoms. The third kappa shape index (κ3) is 4.95. The number of fused-ring (bicyclic) bond motifs is 1. The molecule has 7 heteroatoms. The number of hydrogen-bond acceptors (Lipinski definition) is 4. The predicted molar refractivity (Wildman–Crippen MR) is 120 cm³/mol. The summed E-state index contributed by atoms with van der Waals surface area (Å²) < 4.78 is 32.1. The van der Waals surface area contributed by atoms with Gasteiger partial charge in [0.05, 0.1) is 18.5 Å². The highest BCUT2D eigenvalue weighted by atomic mass is 32.2. The lowest BCUT2D eigenvalue weighted by molar-refractivity contribution is -0.127. The van der Waals surface area contributed by atoms with E-state index in [-0.39, 0.29) is 23.8 Å². The average Bonchev–Trinajstić information content (AvgIpc) is 2.69. The summed E-state index contributed by atoms with van der Waals surface area (Å²) in [4.78, 5) is 12.8. The lowest BCUT2D eigenvalue weighted by Gasteiger charge is -2.35. The molecule has 1 N–H and O–H groups in total. The summed E-state index contributed by atoms with van der Waals surface area (Å²) in [7, 11) is -3.57. The van der Waals surface area contributed by atoms with Gasteiger partial charge in [-0.25, -0.2) is 8.42 Å². The van der Waals surface area contributed by atoms with E-state index < -0.39 is 16.1 Å². The summed E-state index contributed by atoms with van der Waals surface area (Å²) in [6.07, 6.45) is 0.244. The van der Waals surface area contributed by atoms with Gasteiger partial charge in [0.1, 0.15) is 5.75 Å². The molecule has 30 heavy (non-hydrogen) atoms. The Labute approximate surface area is 179 Å². The van der Waals surface area contributed by atoms with Gasteiger partial charge in [0.15, 0.2) is 6.10 Å². The molecule has 2 atom stereocenters. The first-order chi connectivity index (χ1) is 14.0. The van der Waals surface area contributed by atoms with Crippen LogP contribution in [0.4, 0.5) is 5.69 Å². The summed E-state index contributed by atoms with van der Waals surface area (Å²) in [5.74, 6) is 0.208. The molecule has 0 saturated heterocycles. The molecule has 1 aliphatic heterocycles. The van der Waals surface area contributed by atoms with Crippen LogP contribution in [0.15, 0.2) is 48.5 Å². The third-order valence-corrected chi connectivity index (χ3v) is 6.48. The summed E-state index contributed by atoms with van der Waals surface area (Å²) in [5, 5.41) is 2.90. The van der Waals surface area contributed by atoms with Gasteiger partial charge < -0.3 is 10.1 Å². The quantitative estimate of drug-likeness (QED) is 0.789. The number of anilines is 1. The number of carbonyl (C=O) groups excluding carboxylic acids is 1. The smallest absolute Gasteiger partial charge is 0.263 e. The van der Waals surface area contributed by atoms with E-state index in [0.29, 0.717) is 18.0 Å². The van der Waals surface area contributed by atoms with Crippen LogP contribution in [-0.4, -0.2) is 39.8 Å². The lowest BCUT2D eigenvalue weighted by Crippen LogP contribution is -2.51. The monoisotopic (exact) mass is 430 g/mol. The highest BCUT2D eigenvalue weighted by Crippen LogP contribution is 2.38. The molecular weight excluding hydrogens is 400 g/mol. The Morgan fingerprint density at radius 3 is 2.47 bits per heavy atom. The molecule has 0 aromatic heterocycles. The van der Waals surface area contributed by atoms with Gasteiger partial charge in [0.25, 0.3) is 5.91 Å². The minimum atomic E-state index is -3.57. The Morgan fingerprint density at radius 1 is 1.20 bits per heavy atom. The first-order valence-corrected chi connectivity index (χ1v) is 11.9. The maximum absolute atomic E-state index is 12.8. The number of rotatable bonds is 5. The maximum atomic E-state index is 12.8. The molecule has 0 fully saturated rings. The van der Waals surface area contributed by atoms with E-state index in [4.69, 9.17) is 4.74 Å². The molecule has 0 radical (unpaired) electrons. The fourth-order valence-corrected chi connectivity index (χ4v) is 4.34. The van der Waals surface area contributed by atoms with Crippen molar-refractivity contribution in [2.45, 2.75) is 45.1 Å². The fourth-order valence-electron chi connectivity index (χ4n) is 3.44. The Kier molecular flexibility index (Phi) is 6.13. The second kappa shape index (κ2) is 8.30. The first-order valence-electron chi connectivity index (χ1n) is 10.1. The maximum Gasteiger partial charge on any atom is 0.263 e. The Hall–Kier alpha value is -2.54. The number of benzene rings is 2. The first kappa shape index (κ1) is 22.2. The van der Waals surface area contributed by atoms with Crippen molar-refractivity contribution >= 4 is 21.6 Å². The summed E-state index contributed by atoms with van der Waals surface area (Å²) in [6, 6.07) is 15.4. The minimum Gasteiger partial charge on any atom is -0.476 e. The van der Waals surface area contributed by atoms with E-state index >= 15 is 0 Å². The molecular formula is C23H30N2O4S. The largest absolute Gasteiger partial charge is 0.476 e. The number of carbonyl (C=O) groups is 1. The van der Waals surface area contributed by atoms with Crippen LogP contribution in [0.2, 0.25) is 0 Å². The van der Waals surface area contributed by atoms with E-state index in [9.17, 15) is 13.2 Å². The van der Waals surface area contributed by atoms with Crippen molar-refractivity contribution in [3.63, 3.8) is 0 Å². The SMILES string of the molecule is C[C@@H](CNC(=O)[C@H]1CN(S(C)(=O)=O)c2cc(C(C)(C)C)ccc2O1)c1ccccc1. The van der Waals surface area contributed by atoms with Gasteiger partial charge in [0.2, 0.25) is 10.0 Å². The number of hydrogen-bond donors (Lipinski definition) is 1. The second-order valence-corrected chi connectivity index (χ2v) is 10.8. The number of sulfonamides is 1. The van der Waals surface area contributed by atoms with Crippen molar-refractivity contribution < 1.29 is 17.9 Å². The normalized spacial score (nSPS) is 17.6. The van der Waals surface area contributed by atoms with Crippen LogP contribution < -0.4 is 14.4 Å². The minimum absolute atomic E-state index is 0.0506. The summed E-state index contributed by atoms with van der Waals surface area (Å²) in [6.45, 7) is 8.61. The summed E-state index contributed by atoms with van der Waals surface area (Å²) in [5.41, 5.74) is 2.46. The predicted octanol–water partition coefficient (Wildman–Crippen LogP) is 3.43. The van der Waals surface area contributed by atoms with Crippen molar-refractivity contribution in [3.05, 3.63) is 59.7 Å². The van der Waals surface area contributed by atoms with Gasteiger partial charge in [-0.05, 0) is 34.6 Å². The van der Waals surface area contributed by atoms with Crippen LogP contribution in [0.25, 0.3) is 0 Å². The number of nitrogens with zero attached hydrogens (tertiary/aromatic N) is 1. The molecule has 0 aliphatic carbocycles. The van der Waals surface area contributed by atoms with E-state index in [1.807, 2.05) is 49.4 Å². The zero-order valence-electron chi connectivity index (χ0n) is 18.2. The highest BCUT2D eigenvalue weighted by Gasteiger charge is 2.35. The van der Waals surface area contributed by atoms with E-state index in [0.717, 1.165) is 17.4 Å². The second-order valence-electron chi connectivity index (χ2n) is 8.89. The number of amides is 1. The molecule has 1 aliphatic rings. The molecule has 3 rings (SSSR count). The van der Waals surface area contributed by atoms with Crippen molar-refractivity contribution in [3.8, 4) is 5.75 Å². The van der Waals surface area contributed by atoms with Crippen molar-refractivity contribution in [2.75, 3.05) is 23.7 Å². The van der Waals surface area contributed by atoms with Crippen LogP contribution in [0.1, 0.15) is 44.7 Å². The molecule has 1 heterocycles. The molecule has 2 aromatic carbocycles. The van der Waals surface area contributed by atoms with Crippen LogP contribution in [0.5, 0.6) is 5.75 Å². The Balaban J connectivity index is 1.79. The van der Waals surface area contributed by atoms with E-state index in [1.165, 1.54) is 4.31 Å². The highest BCUT2D eigenvalue weighted by molar-refractivity contribution is 7.92. The van der Waals surface area contributed by atoms with Gasteiger partial charge in [-0.15, -0.1) is 0 Å². The van der Waals surface area contributed by atoms with Crippen molar-refractivity contribution in [2.24, 2.45) is 0 Å². The van der Waals surface area contributed by atoms with Gasteiger partial charge in [-0.3, -0.25) is 9.10 Å². The van der Waals surface area contributed by atoms with Crippen LogP contribution in [0, 0.1) is 0 Å². The van der Waals surface area contributed by atoms with E-state index in [1.54, 1.807) is 6.07 Å². The Morgan fingerprint density at radius 2 is 1.87 bits per heavy atom. The molecule has 0 bridgehead atoms. The lowest BCUT2D eigenvalue weighted by atomic mass is 9.86. The molecule has 1 amide bonds. The van der Waals surface area contributed by atoms with Gasteiger partial charge >= 0.3 is 0 Å². The average molecular weight is 431 g/mol. The van der Waals surface area contributed by atoms with Gasteiger partial charge in [-0.2, -0.15) is 0 Å². The van der Waals surface area contributed by atoms with Crippen LogP contribution >= 0.6 is 0 Å². The fraction of sp³-hybridized carbons (Fsp3) is 0.435. The topological polar surface area (TPSA) is 75.7 Å². The molecule has 162 valence electrons. The molecule has 2 aromatic rings. The van der Waals surface area contributed by atoms with Gasteiger partial charge in [-0.1, -0.05) is 64.1 Å². The van der Waals surface area contributed by atoms with Crippen molar-refractivity contribution in [1.29, 1.82) is 0 Å². The van der Waals surface area contributed by atoms with E-state index in [2.05, 4.69) is 26.1 Å². The number of ether oxygens (including phenoxy) is 1. The zero-order valence-corrected chi connectivity index (χ0v) is 19.0. The third-order valence-electron chi connectivity index (χ3n) is 5.34. The number of nitrogens with one attached hydrogen (secondary N) is 1. The molecule has 0 unspecified atom stereocenters. The molecule has 0 saturated carbocycles. The van der Waals surface area contributed by atoms with Gasteiger partial charge in [0, 0.05) is 6.54 Å².